The van der Waals surface area contributed by atoms with E-state index in [9.17, 15) is 4.79 Å². The summed E-state index contributed by atoms with van der Waals surface area (Å²) in [5.74, 6) is -1.73. The van der Waals surface area contributed by atoms with Crippen molar-refractivity contribution >= 4 is 5.97 Å². The van der Waals surface area contributed by atoms with Gasteiger partial charge in [0.05, 0.1) is 12.2 Å². The Bertz CT molecular complexity index is 283. The second-order valence-electron chi connectivity index (χ2n) is 4.28. The third kappa shape index (κ3) is 2.26. The number of carboxylic acid groups (broad SMARTS) is 1. The third-order valence-corrected chi connectivity index (χ3v) is 3.09. The van der Waals surface area contributed by atoms with Crippen molar-refractivity contribution < 1.29 is 24.4 Å². The number of carbonyl (C=O) groups is 1. The Hall–Kier alpha value is -0.910. The molecule has 1 saturated carbocycles. The summed E-state index contributed by atoms with van der Waals surface area (Å²) in [7, 11) is 0. The molecule has 1 N–H and O–H groups in total. The van der Waals surface area contributed by atoms with Crippen molar-refractivity contribution in [2.45, 2.75) is 44.0 Å². The highest BCUT2D eigenvalue weighted by molar-refractivity contribution is 5.86. The Morgan fingerprint density at radius 3 is 2.50 bits per heavy atom. The first kappa shape index (κ1) is 11.6. The van der Waals surface area contributed by atoms with Crippen LogP contribution in [0.2, 0.25) is 0 Å². The molecule has 5 heteroatoms. The van der Waals surface area contributed by atoms with Gasteiger partial charge in [-0.1, -0.05) is 13.0 Å². The zero-order valence-corrected chi connectivity index (χ0v) is 9.11. The zero-order valence-electron chi connectivity index (χ0n) is 9.11. The molecule has 2 fully saturated rings. The molecular formula is C11H16O5. The highest BCUT2D eigenvalue weighted by atomic mass is 17.2. The van der Waals surface area contributed by atoms with Gasteiger partial charge in [0, 0.05) is 12.8 Å². The molecule has 0 unspecified atom stereocenters. The molecule has 1 spiro atoms. The molecule has 0 aromatic heterocycles. The number of rotatable bonds is 2. The summed E-state index contributed by atoms with van der Waals surface area (Å²) in [5, 5.41) is 8.75. The third-order valence-electron chi connectivity index (χ3n) is 3.09. The number of carboxylic acids is 1. The maximum absolute atomic E-state index is 10.7. The molecule has 90 valence electrons. The predicted molar refractivity (Wildman–Crippen MR) is 54.5 cm³/mol. The Balaban J connectivity index is 1.91. The molecule has 0 amide bonds. The van der Waals surface area contributed by atoms with Crippen LogP contribution in [0.25, 0.3) is 0 Å². The summed E-state index contributed by atoms with van der Waals surface area (Å²) in [6, 6.07) is 0. The van der Waals surface area contributed by atoms with E-state index in [4.69, 9.17) is 19.6 Å². The lowest BCUT2D eigenvalue weighted by molar-refractivity contribution is -0.486. The number of hydrogen-bond donors (Lipinski definition) is 1. The van der Waals surface area contributed by atoms with Crippen molar-refractivity contribution in [3.63, 3.8) is 0 Å². The van der Waals surface area contributed by atoms with E-state index in [2.05, 4.69) is 6.58 Å². The second-order valence-corrected chi connectivity index (χ2v) is 4.28. The van der Waals surface area contributed by atoms with Crippen molar-refractivity contribution in [1.29, 1.82) is 0 Å². The second kappa shape index (κ2) is 4.53. The molecule has 0 aromatic rings. The van der Waals surface area contributed by atoms with Gasteiger partial charge in [-0.05, 0) is 12.8 Å². The van der Waals surface area contributed by atoms with Crippen molar-refractivity contribution in [1.82, 2.24) is 0 Å². The van der Waals surface area contributed by atoms with Crippen LogP contribution in [0.5, 0.6) is 0 Å². The minimum Gasteiger partial charge on any atom is -0.478 e. The summed E-state index contributed by atoms with van der Waals surface area (Å²) in [4.78, 5) is 21.0. The lowest BCUT2D eigenvalue weighted by Gasteiger charge is -2.40. The van der Waals surface area contributed by atoms with Gasteiger partial charge in [0.2, 0.25) is 5.79 Å². The first-order valence-corrected chi connectivity index (χ1v) is 5.53. The number of aliphatic carboxylic acids is 1. The molecule has 2 aliphatic rings. The van der Waals surface area contributed by atoms with Crippen LogP contribution in [-0.2, 0) is 19.3 Å². The molecule has 0 aromatic carbocycles. The van der Waals surface area contributed by atoms with Crippen molar-refractivity contribution in [2.24, 2.45) is 0 Å². The minimum atomic E-state index is -1.09. The Morgan fingerprint density at radius 1 is 1.31 bits per heavy atom. The van der Waals surface area contributed by atoms with E-state index in [1.165, 1.54) is 6.42 Å². The van der Waals surface area contributed by atoms with Crippen LogP contribution in [0.1, 0.15) is 32.1 Å². The molecule has 1 aliphatic carbocycles. The van der Waals surface area contributed by atoms with Crippen molar-refractivity contribution in [3.05, 3.63) is 12.2 Å². The maximum atomic E-state index is 10.7. The molecule has 1 atom stereocenters. The fourth-order valence-corrected chi connectivity index (χ4v) is 2.04. The molecule has 5 nitrogen and oxygen atoms in total. The molecule has 1 saturated heterocycles. The van der Waals surface area contributed by atoms with Gasteiger partial charge in [-0.15, -0.1) is 0 Å². The van der Waals surface area contributed by atoms with Crippen LogP contribution in [0.4, 0.5) is 0 Å². The first-order chi connectivity index (χ1) is 7.63. The van der Waals surface area contributed by atoms with E-state index in [0.717, 1.165) is 25.7 Å². The monoisotopic (exact) mass is 228 g/mol. The standard InChI is InChI=1S/C11H16O5/c1-8(10(12)13)9-7-14-11(16-15-9)5-3-2-4-6-11/h9H,1-7H2,(H,12,13)/t9-/m1/s1. The highest BCUT2D eigenvalue weighted by Crippen LogP contribution is 2.36. The van der Waals surface area contributed by atoms with Gasteiger partial charge in [-0.25, -0.2) is 14.6 Å². The van der Waals surface area contributed by atoms with Crippen molar-refractivity contribution in [2.75, 3.05) is 6.61 Å². The van der Waals surface area contributed by atoms with Crippen LogP contribution in [-0.4, -0.2) is 29.6 Å². The lowest BCUT2D eigenvalue weighted by atomic mass is 9.94. The van der Waals surface area contributed by atoms with Gasteiger partial charge < -0.3 is 9.84 Å². The quantitative estimate of drug-likeness (QED) is 0.575. The molecule has 2 rings (SSSR count). The van der Waals surface area contributed by atoms with Gasteiger partial charge in [-0.2, -0.15) is 0 Å². The summed E-state index contributed by atoms with van der Waals surface area (Å²) >= 11 is 0. The molecule has 0 bridgehead atoms. The Morgan fingerprint density at radius 2 is 2.00 bits per heavy atom. The average Bonchev–Trinajstić information content (AvgIpc) is 2.30. The Kier molecular flexibility index (Phi) is 3.28. The zero-order chi connectivity index (χ0) is 11.6. The van der Waals surface area contributed by atoms with Gasteiger partial charge in [-0.3, -0.25) is 0 Å². The van der Waals surface area contributed by atoms with E-state index >= 15 is 0 Å². The summed E-state index contributed by atoms with van der Waals surface area (Å²) in [6.45, 7) is 3.63. The van der Waals surface area contributed by atoms with Crippen LogP contribution in [0.3, 0.4) is 0 Å². The lowest BCUT2D eigenvalue weighted by Crippen LogP contribution is -2.47. The van der Waals surface area contributed by atoms with Gasteiger partial charge in [0.1, 0.15) is 6.10 Å². The minimum absolute atomic E-state index is 0.0364. The maximum Gasteiger partial charge on any atom is 0.333 e. The van der Waals surface area contributed by atoms with E-state index in [-0.39, 0.29) is 12.2 Å². The molecular weight excluding hydrogens is 212 g/mol. The van der Waals surface area contributed by atoms with Crippen LogP contribution >= 0.6 is 0 Å². The van der Waals surface area contributed by atoms with Crippen LogP contribution in [0.15, 0.2) is 12.2 Å². The summed E-state index contributed by atoms with van der Waals surface area (Å²) in [5.41, 5.74) is -0.0364. The molecule has 1 aliphatic heterocycles. The SMILES string of the molecule is C=C(C(=O)O)[C@H]1COC2(CCCCC2)OO1. The van der Waals surface area contributed by atoms with Gasteiger partial charge >= 0.3 is 5.97 Å². The largest absolute Gasteiger partial charge is 0.478 e. The van der Waals surface area contributed by atoms with E-state index < -0.39 is 17.9 Å². The Labute approximate surface area is 93.9 Å². The highest BCUT2D eigenvalue weighted by Gasteiger charge is 2.41. The summed E-state index contributed by atoms with van der Waals surface area (Å²) < 4.78 is 5.62. The smallest absolute Gasteiger partial charge is 0.333 e. The molecule has 1 heterocycles. The predicted octanol–water partition coefficient (Wildman–Crippen LogP) is 1.63. The first-order valence-electron chi connectivity index (χ1n) is 5.53. The number of ether oxygens (including phenoxy) is 1. The van der Waals surface area contributed by atoms with Gasteiger partial charge in [0.25, 0.3) is 0 Å². The van der Waals surface area contributed by atoms with E-state index in [1.807, 2.05) is 0 Å². The fraction of sp³-hybridized carbons (Fsp3) is 0.727. The molecule has 0 radical (unpaired) electrons. The molecule has 16 heavy (non-hydrogen) atoms. The van der Waals surface area contributed by atoms with E-state index in [0.29, 0.717) is 0 Å². The van der Waals surface area contributed by atoms with Gasteiger partial charge in [0.15, 0.2) is 0 Å². The fourth-order valence-electron chi connectivity index (χ4n) is 2.04. The van der Waals surface area contributed by atoms with Crippen LogP contribution < -0.4 is 0 Å². The number of hydrogen-bond acceptors (Lipinski definition) is 4. The topological polar surface area (TPSA) is 65.0 Å². The van der Waals surface area contributed by atoms with Crippen LogP contribution in [0, 0.1) is 0 Å². The normalized spacial score (nSPS) is 28.9. The average molecular weight is 228 g/mol. The van der Waals surface area contributed by atoms with Crippen molar-refractivity contribution in [3.8, 4) is 0 Å². The van der Waals surface area contributed by atoms with E-state index in [1.54, 1.807) is 0 Å². The summed E-state index contributed by atoms with van der Waals surface area (Å²) in [6.07, 6.45) is 4.19.